The minimum atomic E-state index is -1.29. The summed E-state index contributed by atoms with van der Waals surface area (Å²) in [6.07, 6.45) is -0.779. The summed E-state index contributed by atoms with van der Waals surface area (Å²) in [5.41, 5.74) is -0.422. The number of carboxylic acid groups (broad SMARTS) is 2. The maximum atomic E-state index is 11.0. The molecule has 0 saturated carbocycles. The molecule has 36 heavy (non-hydrogen) atoms. The normalized spacial score (nSPS) is 14.3. The van der Waals surface area contributed by atoms with E-state index >= 15 is 0 Å². The van der Waals surface area contributed by atoms with Gasteiger partial charge in [-0.2, -0.15) is 0 Å². The predicted molar refractivity (Wildman–Crippen MR) is 130 cm³/mol. The van der Waals surface area contributed by atoms with E-state index < -0.39 is 30.6 Å². The lowest BCUT2D eigenvalue weighted by atomic mass is 10.1. The maximum Gasteiger partial charge on any atom is 0.341 e. The molecule has 14 heteroatoms. The Bertz CT molecular complexity index is 784. The van der Waals surface area contributed by atoms with Crippen LogP contribution in [0.1, 0.15) is 13.8 Å². The van der Waals surface area contributed by atoms with Crippen molar-refractivity contribution in [3.8, 4) is 0 Å². The molecular weight excluding hydrogens is 484 g/mol. The van der Waals surface area contributed by atoms with Crippen molar-refractivity contribution < 1.29 is 58.4 Å². The molecule has 0 aliphatic carbocycles. The lowest BCUT2D eigenvalue weighted by Crippen LogP contribution is -2.20. The fourth-order valence-electron chi connectivity index (χ4n) is 2.27. The molecule has 208 valence electrons. The van der Waals surface area contributed by atoms with Crippen molar-refractivity contribution in [3.05, 3.63) is 22.7 Å². The molecule has 0 spiro atoms. The molecule has 0 aromatic rings. The summed E-state index contributed by atoms with van der Waals surface area (Å²) < 4.78 is 29.1. The summed E-state index contributed by atoms with van der Waals surface area (Å²) in [7, 11) is 8.52. The van der Waals surface area contributed by atoms with E-state index in [0.717, 1.165) is 6.21 Å². The van der Waals surface area contributed by atoms with Crippen LogP contribution in [0.2, 0.25) is 0 Å². The number of hydrogen-bond donors (Lipinski definition) is 4. The average Bonchev–Trinajstić information content (AvgIpc) is 2.84. The molecular formula is C22H38N2O12. The first kappa shape index (κ1) is 35.3. The largest absolute Gasteiger partial charge is 0.509 e. The first-order chi connectivity index (χ1) is 16.9. The first-order valence-electron chi connectivity index (χ1n) is 10.4. The molecule has 0 rings (SSSR count). The number of aliphatic imine (C=N–C) groups is 2. The highest BCUT2D eigenvalue weighted by atomic mass is 16.7. The zero-order valence-corrected chi connectivity index (χ0v) is 21.9. The first-order valence-corrected chi connectivity index (χ1v) is 10.4. The van der Waals surface area contributed by atoms with Crippen LogP contribution in [0, 0.1) is 0 Å². The second-order valence-corrected chi connectivity index (χ2v) is 6.76. The lowest BCUT2D eigenvalue weighted by Gasteiger charge is -2.11. The van der Waals surface area contributed by atoms with Gasteiger partial charge >= 0.3 is 11.9 Å². The second kappa shape index (κ2) is 20.3. The van der Waals surface area contributed by atoms with Crippen molar-refractivity contribution in [2.75, 3.05) is 62.4 Å². The number of carbonyl (C=O) groups is 2. The Morgan fingerprint density at radius 2 is 1.31 bits per heavy atom. The minimum absolute atomic E-state index is 0.123. The van der Waals surface area contributed by atoms with Gasteiger partial charge in [0.2, 0.25) is 0 Å². The molecule has 0 bridgehead atoms. The summed E-state index contributed by atoms with van der Waals surface area (Å²) in [5, 5.41) is 37.2. The van der Waals surface area contributed by atoms with E-state index in [0.29, 0.717) is 0 Å². The Morgan fingerprint density at radius 1 is 0.806 bits per heavy atom. The van der Waals surface area contributed by atoms with Gasteiger partial charge in [-0.3, -0.25) is 9.98 Å². The van der Waals surface area contributed by atoms with Gasteiger partial charge in [0.15, 0.2) is 12.6 Å². The van der Waals surface area contributed by atoms with Gasteiger partial charge in [0.1, 0.15) is 35.4 Å². The van der Waals surface area contributed by atoms with Crippen LogP contribution in [0.15, 0.2) is 32.6 Å². The monoisotopic (exact) mass is 522 g/mol. The average molecular weight is 523 g/mol. The van der Waals surface area contributed by atoms with E-state index in [9.17, 15) is 19.8 Å². The Kier molecular flexibility index (Phi) is 19.9. The van der Waals surface area contributed by atoms with Crippen LogP contribution in [0.5, 0.6) is 0 Å². The number of aliphatic hydroxyl groups is 2. The van der Waals surface area contributed by atoms with E-state index in [-0.39, 0.29) is 48.1 Å². The predicted octanol–water partition coefficient (Wildman–Crippen LogP) is 1.22. The number of methoxy groups -OCH3 is 6. The zero-order valence-electron chi connectivity index (χ0n) is 21.9. The third-order valence-electron chi connectivity index (χ3n) is 4.39. The number of aliphatic hydroxyl groups excluding tert-OH is 2. The van der Waals surface area contributed by atoms with Crippen LogP contribution in [0.3, 0.4) is 0 Å². The van der Waals surface area contributed by atoms with Gasteiger partial charge < -0.3 is 48.8 Å². The van der Waals surface area contributed by atoms with Gasteiger partial charge in [-0.15, -0.1) is 0 Å². The molecule has 4 N–H and O–H groups in total. The van der Waals surface area contributed by atoms with Crippen LogP contribution in [0.25, 0.3) is 0 Å². The molecule has 0 fully saturated rings. The highest BCUT2D eigenvalue weighted by molar-refractivity contribution is 6.18. The number of nitrogens with zero attached hydrogens (tertiary/aromatic N) is 2. The maximum absolute atomic E-state index is 11.0. The summed E-state index contributed by atoms with van der Waals surface area (Å²) in [4.78, 5) is 29.8. The fraction of sp³-hybridized carbons (Fsp3) is 0.636. The van der Waals surface area contributed by atoms with Gasteiger partial charge in [-0.25, -0.2) is 9.59 Å². The Morgan fingerprint density at radius 3 is 1.69 bits per heavy atom. The summed E-state index contributed by atoms with van der Waals surface area (Å²) in [6, 6.07) is 0. The molecule has 0 aromatic carbocycles. The van der Waals surface area contributed by atoms with E-state index in [1.165, 1.54) is 56.5 Å². The molecule has 1 atom stereocenters. The number of aliphatic carboxylic acids is 2. The molecule has 0 saturated heterocycles. The summed E-state index contributed by atoms with van der Waals surface area (Å²) in [6.45, 7) is 3.08. The van der Waals surface area contributed by atoms with Crippen molar-refractivity contribution in [1.82, 2.24) is 0 Å². The Hall–Kier alpha value is -2.88. The summed E-state index contributed by atoms with van der Waals surface area (Å²) >= 11 is 0. The van der Waals surface area contributed by atoms with Crippen LogP contribution in [0.4, 0.5) is 0 Å². The number of rotatable bonds is 16. The molecule has 0 aromatic heterocycles. The van der Waals surface area contributed by atoms with Crippen LogP contribution < -0.4 is 0 Å². The third kappa shape index (κ3) is 13.9. The molecule has 1 unspecified atom stereocenters. The fourth-order valence-corrected chi connectivity index (χ4v) is 2.27. The van der Waals surface area contributed by atoms with Crippen molar-refractivity contribution in [3.63, 3.8) is 0 Å². The molecule has 0 radical (unpaired) electrons. The molecule has 14 nitrogen and oxygen atoms in total. The lowest BCUT2D eigenvalue weighted by molar-refractivity contribution is -0.133. The standard InChI is InChI=1S/2C11H19NO6/c1-7(12-5-9(17-3)18-4)10(11(14)15)8(13)6-16-2;1-7(16-2)10(13)8(11(14)15)5-12-6-9(17-3)18-4/h9,13H,5-6H2,1-4H3,(H,14,15);5,7,9,13H,6H2,1-4H3,(H,14,15). The van der Waals surface area contributed by atoms with E-state index in [2.05, 4.69) is 14.7 Å². The second-order valence-electron chi connectivity index (χ2n) is 6.76. The molecule has 0 heterocycles. The van der Waals surface area contributed by atoms with Gasteiger partial charge in [0.25, 0.3) is 0 Å². The minimum Gasteiger partial charge on any atom is -0.509 e. The molecule has 0 amide bonds. The van der Waals surface area contributed by atoms with Crippen molar-refractivity contribution in [1.29, 1.82) is 0 Å². The van der Waals surface area contributed by atoms with Crippen molar-refractivity contribution in [2.45, 2.75) is 32.5 Å². The van der Waals surface area contributed by atoms with Gasteiger partial charge in [0.05, 0.1) is 13.1 Å². The van der Waals surface area contributed by atoms with Crippen LogP contribution >= 0.6 is 0 Å². The molecule has 0 aliphatic heterocycles. The van der Waals surface area contributed by atoms with Crippen LogP contribution in [-0.4, -0.2) is 125 Å². The van der Waals surface area contributed by atoms with E-state index in [1.807, 2.05) is 0 Å². The highest BCUT2D eigenvalue weighted by Crippen LogP contribution is 2.08. The van der Waals surface area contributed by atoms with E-state index in [1.54, 1.807) is 0 Å². The number of hydrogen-bond acceptors (Lipinski definition) is 12. The molecule has 0 aliphatic rings. The Balaban J connectivity index is 0. The number of ether oxygens (including phenoxy) is 6. The van der Waals surface area contributed by atoms with E-state index in [4.69, 9.17) is 33.9 Å². The van der Waals surface area contributed by atoms with Gasteiger partial charge in [-0.05, 0) is 13.8 Å². The van der Waals surface area contributed by atoms with Crippen molar-refractivity contribution in [2.24, 2.45) is 9.98 Å². The zero-order chi connectivity index (χ0) is 28.3. The van der Waals surface area contributed by atoms with Gasteiger partial charge in [0, 0.05) is 54.6 Å². The number of carboxylic acids is 2. The quantitative estimate of drug-likeness (QED) is 0.0980. The third-order valence-corrected chi connectivity index (χ3v) is 4.39. The van der Waals surface area contributed by atoms with Crippen LogP contribution in [-0.2, 0) is 38.0 Å². The van der Waals surface area contributed by atoms with Crippen molar-refractivity contribution >= 4 is 23.9 Å². The van der Waals surface area contributed by atoms with Gasteiger partial charge in [-0.1, -0.05) is 0 Å². The highest BCUT2D eigenvalue weighted by Gasteiger charge is 2.18. The topological polar surface area (TPSA) is 195 Å². The SMILES string of the molecule is COC(CN=CC(C(=O)O)=C(O)C(C)OC)OC.COCC(O)=C(C(=O)O)C(C)=NCC(OC)OC. The Labute approximate surface area is 210 Å². The summed E-state index contributed by atoms with van der Waals surface area (Å²) in [5.74, 6) is -3.32. The smallest absolute Gasteiger partial charge is 0.341 e.